The highest BCUT2D eigenvalue weighted by Gasteiger charge is 2.79. The van der Waals surface area contributed by atoms with Crippen molar-refractivity contribution in [1.29, 1.82) is 0 Å². The summed E-state index contributed by atoms with van der Waals surface area (Å²) in [5.41, 5.74) is 8.87. The Hall–Kier alpha value is -1.06. The van der Waals surface area contributed by atoms with Crippen molar-refractivity contribution in [3.05, 3.63) is 0 Å². The van der Waals surface area contributed by atoms with Crippen LogP contribution >= 0.6 is 0 Å². The highest BCUT2D eigenvalue weighted by atomic mass is 16.2. The van der Waals surface area contributed by atoms with E-state index in [1.807, 2.05) is 0 Å². The standard InChI is InChI=1S/C12H15N3O/c13-12(16)15-14-11-8-4-2-5-7-3(4)1-6(8)9(7)10(5)11/h3-10H,1-2H2,(H3,13,15,16)/b14-11-/t3-,4-,5+,6+,7+,8-,9-,10-/m1/s1. The third kappa shape index (κ3) is 0.590. The van der Waals surface area contributed by atoms with E-state index in [-0.39, 0.29) is 0 Å². The van der Waals surface area contributed by atoms with Crippen LogP contribution in [0.15, 0.2) is 5.10 Å². The molecule has 3 N–H and O–H groups in total. The predicted octanol–water partition coefficient (Wildman–Crippen LogP) is 0.788. The number of urea groups is 1. The van der Waals surface area contributed by atoms with Crippen molar-refractivity contribution < 1.29 is 4.79 Å². The Labute approximate surface area is 93.6 Å². The molecule has 2 amide bonds. The van der Waals surface area contributed by atoms with Gasteiger partial charge in [0, 0.05) is 17.5 Å². The number of amides is 2. The Balaban J connectivity index is 1.60. The van der Waals surface area contributed by atoms with Gasteiger partial charge in [0.2, 0.25) is 0 Å². The fraction of sp³-hybridized carbons (Fsp3) is 0.833. The number of carbonyl (C=O) groups excluding carboxylic acids is 1. The van der Waals surface area contributed by atoms with Crippen LogP contribution in [0.3, 0.4) is 0 Å². The molecule has 0 radical (unpaired) electrons. The zero-order valence-corrected chi connectivity index (χ0v) is 8.97. The van der Waals surface area contributed by atoms with Crippen LogP contribution in [-0.2, 0) is 0 Å². The maximum atomic E-state index is 10.8. The van der Waals surface area contributed by atoms with Gasteiger partial charge in [-0.2, -0.15) is 5.10 Å². The van der Waals surface area contributed by atoms with Crippen molar-refractivity contribution in [2.24, 2.45) is 58.2 Å². The van der Waals surface area contributed by atoms with E-state index in [2.05, 4.69) is 10.5 Å². The predicted molar refractivity (Wildman–Crippen MR) is 57.3 cm³/mol. The number of hydrogen-bond donors (Lipinski definition) is 2. The minimum Gasteiger partial charge on any atom is -0.350 e. The fourth-order valence-electron chi connectivity index (χ4n) is 6.40. The molecule has 0 aromatic carbocycles. The fourth-order valence-corrected chi connectivity index (χ4v) is 6.40. The summed E-state index contributed by atoms with van der Waals surface area (Å²) in [4.78, 5) is 10.8. The van der Waals surface area contributed by atoms with E-state index >= 15 is 0 Å². The van der Waals surface area contributed by atoms with Gasteiger partial charge in [-0.05, 0) is 48.3 Å². The van der Waals surface area contributed by atoms with Gasteiger partial charge in [-0.25, -0.2) is 10.2 Å². The van der Waals surface area contributed by atoms with Crippen molar-refractivity contribution >= 4 is 11.7 Å². The molecule has 0 aromatic rings. The van der Waals surface area contributed by atoms with Crippen molar-refractivity contribution in [3.8, 4) is 0 Å². The van der Waals surface area contributed by atoms with Crippen molar-refractivity contribution in [1.82, 2.24) is 5.43 Å². The molecule has 16 heavy (non-hydrogen) atoms. The molecular weight excluding hydrogens is 202 g/mol. The minimum atomic E-state index is -0.522. The Morgan fingerprint density at radius 1 is 1.12 bits per heavy atom. The van der Waals surface area contributed by atoms with E-state index in [1.165, 1.54) is 18.6 Å². The van der Waals surface area contributed by atoms with Crippen molar-refractivity contribution in [2.45, 2.75) is 12.8 Å². The van der Waals surface area contributed by atoms with Gasteiger partial charge in [0.25, 0.3) is 0 Å². The molecule has 4 heteroatoms. The second-order valence-electron chi connectivity index (χ2n) is 6.35. The van der Waals surface area contributed by atoms with Gasteiger partial charge in [0.05, 0.1) is 0 Å². The lowest BCUT2D eigenvalue weighted by Gasteiger charge is -2.44. The number of primary amides is 1. The van der Waals surface area contributed by atoms with Gasteiger partial charge in [-0.1, -0.05) is 0 Å². The zero-order chi connectivity index (χ0) is 10.6. The molecule has 2 bridgehead atoms. The van der Waals surface area contributed by atoms with Crippen LogP contribution in [0.2, 0.25) is 0 Å². The number of nitrogens with two attached hydrogens (primary N) is 1. The first-order valence-electron chi connectivity index (χ1n) is 6.40. The second-order valence-corrected chi connectivity index (χ2v) is 6.35. The number of nitrogens with zero attached hydrogens (tertiary/aromatic N) is 1. The van der Waals surface area contributed by atoms with Gasteiger partial charge in [-0.3, -0.25) is 0 Å². The smallest absolute Gasteiger partial charge is 0.332 e. The quantitative estimate of drug-likeness (QED) is 0.626. The maximum Gasteiger partial charge on any atom is 0.332 e. The SMILES string of the molecule is NC(=O)N/N=C1/[C@@H]2[C@@H]3C[C@@H]4[C@@H]1[C@@H]1[C@H]2C[C@H]3[C@@H]41. The van der Waals surface area contributed by atoms with Crippen molar-refractivity contribution in [3.63, 3.8) is 0 Å². The van der Waals surface area contributed by atoms with Crippen LogP contribution in [0.1, 0.15) is 12.8 Å². The molecule has 0 aliphatic heterocycles. The zero-order valence-electron chi connectivity index (χ0n) is 8.97. The molecule has 5 fully saturated rings. The van der Waals surface area contributed by atoms with Crippen LogP contribution in [0.4, 0.5) is 4.79 Å². The normalized spacial score (nSPS) is 64.4. The first kappa shape index (κ1) is 8.09. The summed E-state index contributed by atoms with van der Waals surface area (Å²) < 4.78 is 0. The Bertz CT molecular complexity index is 440. The van der Waals surface area contributed by atoms with Crippen LogP contribution in [0.25, 0.3) is 0 Å². The number of carbonyl (C=O) groups is 1. The topological polar surface area (TPSA) is 67.5 Å². The maximum absolute atomic E-state index is 10.8. The molecule has 0 saturated heterocycles. The largest absolute Gasteiger partial charge is 0.350 e. The summed E-state index contributed by atoms with van der Waals surface area (Å²) in [5.74, 6) is 7.16. The number of fused-ring (bicyclic) bond motifs is 2. The molecule has 0 spiro atoms. The molecule has 0 unspecified atom stereocenters. The molecular formula is C12H15N3O. The monoisotopic (exact) mass is 217 g/mol. The van der Waals surface area contributed by atoms with E-state index in [0.717, 1.165) is 41.4 Å². The van der Waals surface area contributed by atoms with Gasteiger partial charge < -0.3 is 5.73 Å². The molecule has 5 saturated carbocycles. The Kier molecular flexibility index (Phi) is 1.09. The number of hydrogen-bond acceptors (Lipinski definition) is 2. The molecule has 4 nitrogen and oxygen atoms in total. The number of nitrogens with one attached hydrogen (secondary N) is 1. The lowest BCUT2D eigenvalue weighted by molar-refractivity contribution is 0.0503. The number of rotatable bonds is 1. The lowest BCUT2D eigenvalue weighted by Crippen LogP contribution is -2.44. The van der Waals surface area contributed by atoms with E-state index in [0.29, 0.717) is 5.92 Å². The minimum absolute atomic E-state index is 0.522. The molecule has 0 heterocycles. The summed E-state index contributed by atoms with van der Waals surface area (Å²) in [5, 5.41) is 4.33. The van der Waals surface area contributed by atoms with E-state index < -0.39 is 6.03 Å². The third-order valence-electron chi connectivity index (χ3n) is 6.34. The summed E-state index contributed by atoms with van der Waals surface area (Å²) in [7, 11) is 0. The average molecular weight is 217 g/mol. The molecule has 5 aliphatic rings. The molecule has 5 aliphatic carbocycles. The van der Waals surface area contributed by atoms with Crippen LogP contribution in [0, 0.1) is 47.3 Å². The van der Waals surface area contributed by atoms with Crippen LogP contribution < -0.4 is 11.2 Å². The van der Waals surface area contributed by atoms with E-state index in [1.54, 1.807) is 0 Å². The number of hydrazone groups is 1. The second kappa shape index (κ2) is 2.15. The average Bonchev–Trinajstić information content (AvgIpc) is 2.72. The van der Waals surface area contributed by atoms with Gasteiger partial charge >= 0.3 is 6.03 Å². The summed E-state index contributed by atoms with van der Waals surface area (Å²) >= 11 is 0. The Morgan fingerprint density at radius 2 is 1.88 bits per heavy atom. The molecule has 5 rings (SSSR count). The van der Waals surface area contributed by atoms with Crippen LogP contribution in [-0.4, -0.2) is 11.7 Å². The van der Waals surface area contributed by atoms with Gasteiger partial charge in [0.15, 0.2) is 0 Å². The van der Waals surface area contributed by atoms with Crippen LogP contribution in [0.5, 0.6) is 0 Å². The summed E-state index contributed by atoms with van der Waals surface area (Å²) in [6, 6.07) is -0.522. The molecule has 8 atom stereocenters. The van der Waals surface area contributed by atoms with Gasteiger partial charge in [0.1, 0.15) is 0 Å². The highest BCUT2D eigenvalue weighted by Crippen LogP contribution is 2.81. The summed E-state index contributed by atoms with van der Waals surface area (Å²) in [6.07, 6.45) is 2.90. The first-order chi connectivity index (χ1) is 7.77. The highest BCUT2D eigenvalue weighted by molar-refractivity contribution is 5.96. The van der Waals surface area contributed by atoms with Crippen molar-refractivity contribution in [2.75, 3.05) is 0 Å². The summed E-state index contributed by atoms with van der Waals surface area (Å²) in [6.45, 7) is 0. The molecule has 84 valence electrons. The first-order valence-corrected chi connectivity index (χ1v) is 6.40. The van der Waals surface area contributed by atoms with Gasteiger partial charge in [-0.15, -0.1) is 0 Å². The van der Waals surface area contributed by atoms with E-state index in [9.17, 15) is 4.79 Å². The molecule has 0 aromatic heterocycles. The van der Waals surface area contributed by atoms with E-state index in [4.69, 9.17) is 5.73 Å². The lowest BCUT2D eigenvalue weighted by atomic mass is 9.59. The third-order valence-corrected chi connectivity index (χ3v) is 6.34. The Morgan fingerprint density at radius 3 is 2.69 bits per heavy atom.